The third-order valence-corrected chi connectivity index (χ3v) is 3.35. The lowest BCUT2D eigenvalue weighted by Crippen LogP contribution is -2.00. The van der Waals surface area contributed by atoms with Crippen molar-refractivity contribution >= 4 is 34.6 Å². The lowest BCUT2D eigenvalue weighted by Gasteiger charge is -2.09. The van der Waals surface area contributed by atoms with Crippen molar-refractivity contribution in [2.75, 3.05) is 12.4 Å². The van der Waals surface area contributed by atoms with Crippen molar-refractivity contribution in [1.82, 2.24) is 0 Å². The quantitative estimate of drug-likeness (QED) is 0.648. The molecule has 2 rings (SSSR count). The summed E-state index contributed by atoms with van der Waals surface area (Å²) in [6.45, 7) is 0.173. The number of nitrogens with zero attached hydrogens (tertiary/aromatic N) is 1. The van der Waals surface area contributed by atoms with Gasteiger partial charge in [0.2, 0.25) is 0 Å². The molecule has 0 unspecified atom stereocenters. The Bertz CT molecular complexity index is 677. The summed E-state index contributed by atoms with van der Waals surface area (Å²) in [4.78, 5) is 10.5. The molecule has 0 spiro atoms. The van der Waals surface area contributed by atoms with E-state index < -0.39 is 4.92 Å². The van der Waals surface area contributed by atoms with Crippen LogP contribution in [0.15, 0.2) is 36.4 Å². The van der Waals surface area contributed by atoms with E-state index in [1.54, 1.807) is 37.4 Å². The van der Waals surface area contributed by atoms with E-state index in [0.29, 0.717) is 27.0 Å². The van der Waals surface area contributed by atoms with Crippen molar-refractivity contribution in [3.63, 3.8) is 0 Å². The lowest BCUT2D eigenvalue weighted by molar-refractivity contribution is -0.384. The van der Waals surface area contributed by atoms with Crippen LogP contribution in [0.5, 0.6) is 5.75 Å². The van der Waals surface area contributed by atoms with Gasteiger partial charge in [-0.05, 0) is 29.8 Å². The van der Waals surface area contributed by atoms with Crippen LogP contribution < -0.4 is 10.1 Å². The van der Waals surface area contributed by atoms with Crippen molar-refractivity contribution in [3.05, 3.63) is 62.1 Å². The largest absolute Gasteiger partial charge is 0.487 e. The van der Waals surface area contributed by atoms with Crippen molar-refractivity contribution in [2.24, 2.45) is 0 Å². The van der Waals surface area contributed by atoms with Gasteiger partial charge < -0.3 is 10.1 Å². The van der Waals surface area contributed by atoms with Gasteiger partial charge in [-0.15, -0.1) is 0 Å². The van der Waals surface area contributed by atoms with Gasteiger partial charge >= 0.3 is 0 Å². The predicted octanol–water partition coefficient (Wildman–Crippen LogP) is 4.52. The highest BCUT2D eigenvalue weighted by Crippen LogP contribution is 2.29. The Balaban J connectivity index is 2.16. The highest BCUT2D eigenvalue weighted by molar-refractivity contribution is 6.35. The zero-order chi connectivity index (χ0) is 15.4. The van der Waals surface area contributed by atoms with Crippen LogP contribution in [0, 0.1) is 10.1 Å². The third kappa shape index (κ3) is 3.77. The second-order valence-electron chi connectivity index (χ2n) is 4.22. The van der Waals surface area contributed by atoms with Gasteiger partial charge in [0.05, 0.1) is 9.95 Å². The van der Waals surface area contributed by atoms with Crippen LogP contribution >= 0.6 is 23.2 Å². The van der Waals surface area contributed by atoms with Crippen LogP contribution in [-0.2, 0) is 6.61 Å². The van der Waals surface area contributed by atoms with E-state index in [-0.39, 0.29) is 12.3 Å². The predicted molar refractivity (Wildman–Crippen MR) is 83.4 cm³/mol. The number of nitro groups is 1. The number of halogens is 2. The van der Waals surface area contributed by atoms with Crippen molar-refractivity contribution in [3.8, 4) is 5.75 Å². The summed E-state index contributed by atoms with van der Waals surface area (Å²) in [7, 11) is 1.63. The van der Waals surface area contributed by atoms with Gasteiger partial charge in [-0.1, -0.05) is 29.3 Å². The Morgan fingerprint density at radius 1 is 1.24 bits per heavy atom. The van der Waals surface area contributed by atoms with E-state index in [4.69, 9.17) is 27.9 Å². The SMILES string of the molecule is CNc1ccc(COc2ccc(Cl)cc2Cl)cc1[N+](=O)[O-]. The maximum absolute atomic E-state index is 11.0. The van der Waals surface area contributed by atoms with Gasteiger partial charge in [-0.3, -0.25) is 10.1 Å². The fraction of sp³-hybridized carbons (Fsp3) is 0.143. The Morgan fingerprint density at radius 3 is 2.62 bits per heavy atom. The number of ether oxygens (including phenoxy) is 1. The molecule has 0 aromatic heterocycles. The summed E-state index contributed by atoms with van der Waals surface area (Å²) in [6, 6.07) is 9.75. The minimum absolute atomic E-state index is 0.000744. The van der Waals surface area contributed by atoms with Gasteiger partial charge in [0, 0.05) is 18.1 Å². The molecule has 2 aromatic rings. The van der Waals surface area contributed by atoms with E-state index in [2.05, 4.69) is 5.32 Å². The normalized spacial score (nSPS) is 10.2. The first-order chi connectivity index (χ1) is 10.0. The van der Waals surface area contributed by atoms with E-state index >= 15 is 0 Å². The molecule has 0 saturated carbocycles. The molecule has 0 aliphatic carbocycles. The average Bonchev–Trinajstić information content (AvgIpc) is 2.46. The van der Waals surface area contributed by atoms with Crippen molar-refractivity contribution < 1.29 is 9.66 Å². The van der Waals surface area contributed by atoms with E-state index in [9.17, 15) is 10.1 Å². The van der Waals surface area contributed by atoms with Crippen molar-refractivity contribution in [1.29, 1.82) is 0 Å². The maximum Gasteiger partial charge on any atom is 0.292 e. The summed E-state index contributed by atoms with van der Waals surface area (Å²) in [5.41, 5.74) is 1.13. The van der Waals surface area contributed by atoms with Crippen molar-refractivity contribution in [2.45, 2.75) is 6.61 Å². The first kappa shape index (κ1) is 15.4. The van der Waals surface area contributed by atoms with E-state index in [0.717, 1.165) is 0 Å². The molecule has 0 saturated heterocycles. The molecule has 0 aliphatic rings. The molecule has 0 atom stereocenters. The first-order valence-corrected chi connectivity index (χ1v) is 6.80. The molecule has 1 N–H and O–H groups in total. The zero-order valence-electron chi connectivity index (χ0n) is 11.1. The van der Waals surface area contributed by atoms with E-state index in [1.807, 2.05) is 0 Å². The molecule has 7 heteroatoms. The summed E-state index contributed by atoms with van der Waals surface area (Å²) in [5, 5.41) is 14.7. The van der Waals surface area contributed by atoms with Crippen LogP contribution in [0.4, 0.5) is 11.4 Å². The van der Waals surface area contributed by atoms with Crippen LogP contribution in [0.3, 0.4) is 0 Å². The molecule has 110 valence electrons. The number of benzene rings is 2. The molecular weight excluding hydrogens is 315 g/mol. The van der Waals surface area contributed by atoms with Gasteiger partial charge in [0.1, 0.15) is 18.0 Å². The van der Waals surface area contributed by atoms with Crippen LogP contribution in [0.2, 0.25) is 10.0 Å². The highest BCUT2D eigenvalue weighted by Gasteiger charge is 2.13. The minimum atomic E-state index is -0.440. The summed E-state index contributed by atoms with van der Waals surface area (Å²) in [6.07, 6.45) is 0. The minimum Gasteiger partial charge on any atom is -0.487 e. The average molecular weight is 327 g/mol. The third-order valence-electron chi connectivity index (χ3n) is 2.82. The molecule has 2 aromatic carbocycles. The van der Waals surface area contributed by atoms with Gasteiger partial charge in [-0.2, -0.15) is 0 Å². The Kier molecular flexibility index (Phi) is 4.88. The van der Waals surface area contributed by atoms with Crippen LogP contribution in [-0.4, -0.2) is 12.0 Å². The Morgan fingerprint density at radius 2 is 2.00 bits per heavy atom. The zero-order valence-corrected chi connectivity index (χ0v) is 12.6. The summed E-state index contributed by atoms with van der Waals surface area (Å²) >= 11 is 11.8. The van der Waals surface area contributed by atoms with Crippen LogP contribution in [0.25, 0.3) is 0 Å². The second kappa shape index (κ2) is 6.65. The number of hydrogen-bond donors (Lipinski definition) is 1. The topological polar surface area (TPSA) is 64.4 Å². The fourth-order valence-electron chi connectivity index (χ4n) is 1.78. The van der Waals surface area contributed by atoms with E-state index in [1.165, 1.54) is 6.07 Å². The number of rotatable bonds is 5. The van der Waals surface area contributed by atoms with Gasteiger partial charge in [0.15, 0.2) is 0 Å². The molecule has 0 aliphatic heterocycles. The summed E-state index contributed by atoms with van der Waals surface area (Å²) < 4.78 is 5.55. The van der Waals surface area contributed by atoms with Crippen LogP contribution in [0.1, 0.15) is 5.56 Å². The molecule has 5 nitrogen and oxygen atoms in total. The first-order valence-electron chi connectivity index (χ1n) is 6.04. The fourth-order valence-corrected chi connectivity index (χ4v) is 2.25. The molecule has 0 bridgehead atoms. The lowest BCUT2D eigenvalue weighted by atomic mass is 10.2. The second-order valence-corrected chi connectivity index (χ2v) is 5.07. The number of nitrogens with one attached hydrogen (secondary N) is 1. The Hall–Kier alpha value is -1.98. The van der Waals surface area contributed by atoms with Gasteiger partial charge in [-0.25, -0.2) is 0 Å². The summed E-state index contributed by atoms with van der Waals surface area (Å²) in [5.74, 6) is 0.474. The number of anilines is 1. The maximum atomic E-state index is 11.0. The molecular formula is C14H12Cl2N2O3. The highest BCUT2D eigenvalue weighted by atomic mass is 35.5. The molecule has 0 radical (unpaired) electrons. The van der Waals surface area contributed by atoms with Gasteiger partial charge in [0.25, 0.3) is 5.69 Å². The standard InChI is InChI=1S/C14H12Cl2N2O3/c1-17-12-4-2-9(6-13(12)18(19)20)8-21-14-5-3-10(15)7-11(14)16/h2-7,17H,8H2,1H3. The molecule has 21 heavy (non-hydrogen) atoms. The smallest absolute Gasteiger partial charge is 0.292 e. The number of hydrogen-bond acceptors (Lipinski definition) is 4. The monoisotopic (exact) mass is 326 g/mol. The molecule has 0 heterocycles. The number of nitro benzene ring substituents is 1. The molecule has 0 amide bonds. The molecule has 0 fully saturated rings. The Labute approximate surface area is 131 Å².